The molecule has 0 aromatic heterocycles. The molecule has 0 bridgehead atoms. The highest BCUT2D eigenvalue weighted by Crippen LogP contribution is 2.10. The SMILES string of the molecule is COC(=O)CC(=O)NOC(=O)C(C)CCc1ccccc1. The molecule has 0 saturated heterocycles. The van der Waals surface area contributed by atoms with Crippen LogP contribution in [0.2, 0.25) is 0 Å². The summed E-state index contributed by atoms with van der Waals surface area (Å²) in [6.07, 6.45) is 0.866. The van der Waals surface area contributed by atoms with Gasteiger partial charge in [0, 0.05) is 0 Å². The van der Waals surface area contributed by atoms with Crippen LogP contribution >= 0.6 is 0 Å². The van der Waals surface area contributed by atoms with Crippen LogP contribution in [0.25, 0.3) is 0 Å². The van der Waals surface area contributed by atoms with Crippen molar-refractivity contribution in [3.63, 3.8) is 0 Å². The lowest BCUT2D eigenvalue weighted by Gasteiger charge is -2.11. The fraction of sp³-hybridized carbons (Fsp3) is 0.400. The van der Waals surface area contributed by atoms with Gasteiger partial charge < -0.3 is 9.57 Å². The molecule has 21 heavy (non-hydrogen) atoms. The average Bonchev–Trinajstić information content (AvgIpc) is 2.51. The van der Waals surface area contributed by atoms with Crippen molar-refractivity contribution in [2.24, 2.45) is 5.92 Å². The third-order valence-corrected chi connectivity index (χ3v) is 2.91. The van der Waals surface area contributed by atoms with Gasteiger partial charge in [-0.2, -0.15) is 5.48 Å². The zero-order chi connectivity index (χ0) is 15.7. The predicted octanol–water partition coefficient (Wildman–Crippen LogP) is 1.39. The van der Waals surface area contributed by atoms with Crippen molar-refractivity contribution in [1.29, 1.82) is 0 Å². The molecular formula is C15H19NO5. The van der Waals surface area contributed by atoms with Crippen molar-refractivity contribution in [2.45, 2.75) is 26.2 Å². The first-order valence-electron chi connectivity index (χ1n) is 6.63. The summed E-state index contributed by atoms with van der Waals surface area (Å²) in [7, 11) is 1.17. The first-order valence-corrected chi connectivity index (χ1v) is 6.63. The maximum absolute atomic E-state index is 11.7. The summed E-state index contributed by atoms with van der Waals surface area (Å²) < 4.78 is 4.32. The average molecular weight is 293 g/mol. The maximum Gasteiger partial charge on any atom is 0.335 e. The number of nitrogens with one attached hydrogen (secondary N) is 1. The van der Waals surface area contributed by atoms with Gasteiger partial charge in [0.2, 0.25) is 0 Å². The molecule has 1 amide bonds. The van der Waals surface area contributed by atoms with Crippen LogP contribution in [0.5, 0.6) is 0 Å². The molecule has 1 N–H and O–H groups in total. The smallest absolute Gasteiger partial charge is 0.335 e. The van der Waals surface area contributed by atoms with Crippen molar-refractivity contribution in [3.8, 4) is 0 Å². The van der Waals surface area contributed by atoms with Crippen LogP contribution in [0.4, 0.5) is 0 Å². The van der Waals surface area contributed by atoms with Crippen LogP contribution in [0, 0.1) is 5.92 Å². The molecule has 0 saturated carbocycles. The minimum Gasteiger partial charge on any atom is -0.469 e. The van der Waals surface area contributed by atoms with E-state index in [0.717, 1.165) is 12.0 Å². The zero-order valence-electron chi connectivity index (χ0n) is 12.1. The standard InChI is InChI=1S/C15H19NO5/c1-11(8-9-12-6-4-3-5-7-12)15(19)21-16-13(17)10-14(18)20-2/h3-7,11H,8-10H2,1-2H3,(H,16,17). The second-order valence-corrected chi connectivity index (χ2v) is 4.62. The van der Waals surface area contributed by atoms with Gasteiger partial charge in [-0.1, -0.05) is 37.3 Å². The minimum absolute atomic E-state index is 0.358. The van der Waals surface area contributed by atoms with E-state index in [1.807, 2.05) is 35.8 Å². The molecule has 1 aromatic rings. The maximum atomic E-state index is 11.7. The summed E-state index contributed by atoms with van der Waals surface area (Å²) >= 11 is 0. The number of rotatable bonds is 6. The Morgan fingerprint density at radius 3 is 2.48 bits per heavy atom. The Morgan fingerprint density at radius 1 is 1.19 bits per heavy atom. The number of hydroxylamine groups is 1. The lowest BCUT2D eigenvalue weighted by Crippen LogP contribution is -2.31. The number of hydrogen-bond acceptors (Lipinski definition) is 5. The number of benzene rings is 1. The van der Waals surface area contributed by atoms with Crippen LogP contribution in [-0.2, 0) is 30.4 Å². The van der Waals surface area contributed by atoms with Gasteiger partial charge in [0.1, 0.15) is 6.42 Å². The summed E-state index contributed by atoms with van der Waals surface area (Å²) in [6, 6.07) is 9.77. The molecule has 0 aliphatic heterocycles. The van der Waals surface area contributed by atoms with Crippen LogP contribution in [-0.4, -0.2) is 25.0 Å². The van der Waals surface area contributed by atoms with Gasteiger partial charge in [0.05, 0.1) is 13.0 Å². The Balaban J connectivity index is 2.28. The van der Waals surface area contributed by atoms with Gasteiger partial charge in [-0.05, 0) is 18.4 Å². The van der Waals surface area contributed by atoms with Crippen molar-refractivity contribution in [3.05, 3.63) is 35.9 Å². The Bertz CT molecular complexity index is 486. The van der Waals surface area contributed by atoms with E-state index in [0.29, 0.717) is 6.42 Å². The van der Waals surface area contributed by atoms with E-state index in [1.165, 1.54) is 7.11 Å². The van der Waals surface area contributed by atoms with Gasteiger partial charge in [-0.15, -0.1) is 0 Å². The van der Waals surface area contributed by atoms with E-state index in [-0.39, 0.29) is 5.92 Å². The number of hydrogen-bond donors (Lipinski definition) is 1. The molecule has 6 heteroatoms. The number of methoxy groups -OCH3 is 1. The number of esters is 1. The summed E-state index contributed by atoms with van der Waals surface area (Å²) in [5, 5.41) is 0. The quantitative estimate of drug-likeness (QED) is 0.487. The van der Waals surface area contributed by atoms with Crippen molar-refractivity contribution in [2.75, 3.05) is 7.11 Å². The van der Waals surface area contributed by atoms with Gasteiger partial charge in [0.15, 0.2) is 0 Å². The predicted molar refractivity (Wildman–Crippen MR) is 74.8 cm³/mol. The Kier molecular flexibility index (Phi) is 6.94. The summed E-state index contributed by atoms with van der Waals surface area (Å²) in [6.45, 7) is 1.72. The molecule has 114 valence electrons. The van der Waals surface area contributed by atoms with Crippen LogP contribution in [0.1, 0.15) is 25.3 Å². The summed E-state index contributed by atoms with van der Waals surface area (Å²) in [5.41, 5.74) is 3.07. The van der Waals surface area contributed by atoms with Crippen LogP contribution < -0.4 is 5.48 Å². The fourth-order valence-corrected chi connectivity index (χ4v) is 1.59. The zero-order valence-corrected chi connectivity index (χ0v) is 12.1. The lowest BCUT2D eigenvalue weighted by molar-refractivity contribution is -0.163. The molecule has 0 spiro atoms. The molecule has 1 aromatic carbocycles. The molecule has 0 radical (unpaired) electrons. The minimum atomic E-state index is -0.717. The van der Waals surface area contributed by atoms with E-state index >= 15 is 0 Å². The molecule has 0 heterocycles. The van der Waals surface area contributed by atoms with Crippen LogP contribution in [0.15, 0.2) is 30.3 Å². The summed E-state index contributed by atoms with van der Waals surface area (Å²) in [5.74, 6) is -2.31. The summed E-state index contributed by atoms with van der Waals surface area (Å²) in [4.78, 5) is 38.4. The number of amides is 1. The monoisotopic (exact) mass is 293 g/mol. The highest BCUT2D eigenvalue weighted by molar-refractivity contribution is 5.94. The fourth-order valence-electron chi connectivity index (χ4n) is 1.59. The highest BCUT2D eigenvalue weighted by atomic mass is 16.7. The van der Waals surface area contributed by atoms with Gasteiger partial charge in [0.25, 0.3) is 5.91 Å². The molecule has 0 aliphatic carbocycles. The first-order chi connectivity index (χ1) is 10.0. The molecule has 0 aliphatic rings. The second kappa shape index (κ2) is 8.73. The van der Waals surface area contributed by atoms with Gasteiger partial charge in [-0.3, -0.25) is 9.59 Å². The van der Waals surface area contributed by atoms with E-state index in [9.17, 15) is 14.4 Å². The molecule has 1 rings (SSSR count). The lowest BCUT2D eigenvalue weighted by atomic mass is 10.0. The molecule has 1 unspecified atom stereocenters. The van der Waals surface area contributed by atoms with E-state index in [1.54, 1.807) is 6.92 Å². The molecule has 1 atom stereocenters. The third-order valence-electron chi connectivity index (χ3n) is 2.91. The molecule has 0 fully saturated rings. The largest absolute Gasteiger partial charge is 0.469 e. The van der Waals surface area contributed by atoms with Crippen molar-refractivity contribution >= 4 is 17.8 Å². The third kappa shape index (κ3) is 6.56. The highest BCUT2D eigenvalue weighted by Gasteiger charge is 2.17. The van der Waals surface area contributed by atoms with E-state index in [4.69, 9.17) is 0 Å². The number of carbonyl (C=O) groups excluding carboxylic acids is 3. The van der Waals surface area contributed by atoms with Crippen LogP contribution in [0.3, 0.4) is 0 Å². The topological polar surface area (TPSA) is 81.7 Å². The Labute approximate surface area is 123 Å². The van der Waals surface area contributed by atoms with Crippen molar-refractivity contribution < 1.29 is 24.0 Å². The number of aryl methyl sites for hydroxylation is 1. The Hall–Kier alpha value is -2.37. The van der Waals surface area contributed by atoms with E-state index < -0.39 is 24.3 Å². The molecule has 6 nitrogen and oxygen atoms in total. The number of carbonyl (C=O) groups is 3. The first kappa shape index (κ1) is 16.7. The van der Waals surface area contributed by atoms with Gasteiger partial charge in [-0.25, -0.2) is 4.79 Å². The normalized spacial score (nSPS) is 11.3. The van der Waals surface area contributed by atoms with E-state index in [2.05, 4.69) is 9.57 Å². The second-order valence-electron chi connectivity index (χ2n) is 4.62. The number of ether oxygens (including phenoxy) is 1. The Morgan fingerprint density at radius 2 is 1.86 bits per heavy atom. The van der Waals surface area contributed by atoms with Crippen molar-refractivity contribution in [1.82, 2.24) is 5.48 Å². The molecular weight excluding hydrogens is 274 g/mol. The van der Waals surface area contributed by atoms with Gasteiger partial charge >= 0.3 is 11.9 Å².